The fourth-order valence-corrected chi connectivity index (χ4v) is 3.02. The van der Waals surface area contributed by atoms with Crippen molar-refractivity contribution in [2.24, 2.45) is 5.73 Å². The predicted octanol–water partition coefficient (Wildman–Crippen LogP) is 2.54. The topological polar surface area (TPSA) is 38.0 Å². The van der Waals surface area contributed by atoms with Crippen LogP contribution in [0.2, 0.25) is 4.34 Å². The molecular weight excluding hydrogens is 216 g/mol. The van der Waals surface area contributed by atoms with Crippen molar-refractivity contribution in [3.05, 3.63) is 21.3 Å². The van der Waals surface area contributed by atoms with E-state index >= 15 is 0 Å². The maximum Gasteiger partial charge on any atom is 0.0931 e. The van der Waals surface area contributed by atoms with Gasteiger partial charge in [-0.05, 0) is 31.5 Å². The number of thiophene rings is 1. The van der Waals surface area contributed by atoms with E-state index in [1.807, 2.05) is 12.1 Å². The van der Waals surface area contributed by atoms with Gasteiger partial charge in [0.25, 0.3) is 0 Å². The van der Waals surface area contributed by atoms with E-state index in [0.29, 0.717) is 6.04 Å². The lowest BCUT2D eigenvalue weighted by Crippen LogP contribution is -2.41. The Labute approximate surface area is 93.4 Å². The third kappa shape index (κ3) is 2.28. The normalized spacial score (nSPS) is 24.9. The molecule has 1 fully saturated rings. The van der Waals surface area contributed by atoms with E-state index in [4.69, 9.17) is 17.3 Å². The van der Waals surface area contributed by atoms with Crippen molar-refractivity contribution in [2.45, 2.75) is 31.3 Å². The molecule has 1 aromatic rings. The fourth-order valence-electron chi connectivity index (χ4n) is 1.89. The Morgan fingerprint density at radius 1 is 1.50 bits per heavy atom. The van der Waals surface area contributed by atoms with Gasteiger partial charge in [-0.25, -0.2) is 0 Å². The highest BCUT2D eigenvalue weighted by molar-refractivity contribution is 7.16. The molecular formula is C10H15ClN2S. The van der Waals surface area contributed by atoms with Crippen LogP contribution in [0.15, 0.2) is 12.1 Å². The maximum absolute atomic E-state index is 6.17. The second-order valence-electron chi connectivity index (χ2n) is 3.72. The zero-order valence-electron chi connectivity index (χ0n) is 8.00. The average Bonchev–Trinajstić information content (AvgIpc) is 2.65. The van der Waals surface area contributed by atoms with Crippen LogP contribution in [0.25, 0.3) is 0 Å². The number of rotatable bonds is 2. The van der Waals surface area contributed by atoms with Crippen LogP contribution in [0.3, 0.4) is 0 Å². The molecule has 2 atom stereocenters. The molecule has 14 heavy (non-hydrogen) atoms. The summed E-state index contributed by atoms with van der Waals surface area (Å²) in [6.45, 7) is 1.09. The number of hydrogen-bond donors (Lipinski definition) is 2. The highest BCUT2D eigenvalue weighted by Gasteiger charge is 2.22. The van der Waals surface area contributed by atoms with Crippen LogP contribution in [0, 0.1) is 0 Å². The van der Waals surface area contributed by atoms with Crippen molar-refractivity contribution in [3.63, 3.8) is 0 Å². The lowest BCUT2D eigenvalue weighted by Gasteiger charge is -2.28. The second-order valence-corrected chi connectivity index (χ2v) is 5.47. The van der Waals surface area contributed by atoms with E-state index in [1.165, 1.54) is 24.1 Å². The first-order chi connectivity index (χ1) is 6.77. The molecule has 2 rings (SSSR count). The molecule has 1 aliphatic heterocycles. The molecule has 1 saturated heterocycles. The van der Waals surface area contributed by atoms with Gasteiger partial charge in [-0.15, -0.1) is 11.3 Å². The van der Waals surface area contributed by atoms with Gasteiger partial charge in [0.05, 0.1) is 10.4 Å². The summed E-state index contributed by atoms with van der Waals surface area (Å²) in [5.74, 6) is 0. The molecule has 3 N–H and O–H groups in total. The quantitative estimate of drug-likeness (QED) is 0.820. The average molecular weight is 231 g/mol. The zero-order valence-corrected chi connectivity index (χ0v) is 9.57. The first kappa shape index (κ1) is 10.4. The van der Waals surface area contributed by atoms with Gasteiger partial charge in [-0.2, -0.15) is 0 Å². The van der Waals surface area contributed by atoms with Crippen LogP contribution in [0.1, 0.15) is 30.2 Å². The van der Waals surface area contributed by atoms with Crippen molar-refractivity contribution in [1.29, 1.82) is 0 Å². The SMILES string of the molecule is NC(c1ccc(Cl)s1)C1CCCCN1. The lowest BCUT2D eigenvalue weighted by atomic mass is 9.98. The van der Waals surface area contributed by atoms with Crippen LogP contribution in [0.4, 0.5) is 0 Å². The van der Waals surface area contributed by atoms with Crippen LogP contribution in [-0.4, -0.2) is 12.6 Å². The van der Waals surface area contributed by atoms with E-state index < -0.39 is 0 Å². The van der Waals surface area contributed by atoms with Gasteiger partial charge in [0.2, 0.25) is 0 Å². The van der Waals surface area contributed by atoms with Crippen molar-refractivity contribution in [2.75, 3.05) is 6.54 Å². The Bertz CT molecular complexity index is 294. The number of halogens is 1. The summed E-state index contributed by atoms with van der Waals surface area (Å²) in [5, 5.41) is 3.47. The van der Waals surface area contributed by atoms with E-state index in [-0.39, 0.29) is 6.04 Å². The summed E-state index contributed by atoms with van der Waals surface area (Å²) >= 11 is 7.48. The lowest BCUT2D eigenvalue weighted by molar-refractivity contribution is 0.356. The summed E-state index contributed by atoms with van der Waals surface area (Å²) in [7, 11) is 0. The van der Waals surface area contributed by atoms with Crippen LogP contribution < -0.4 is 11.1 Å². The molecule has 4 heteroatoms. The molecule has 1 aliphatic rings. The Hall–Kier alpha value is -0.0900. The van der Waals surface area contributed by atoms with Crippen molar-refractivity contribution in [1.82, 2.24) is 5.32 Å². The second kappa shape index (κ2) is 4.62. The minimum atomic E-state index is 0.104. The summed E-state index contributed by atoms with van der Waals surface area (Å²) < 4.78 is 0.825. The summed E-state index contributed by atoms with van der Waals surface area (Å²) in [6.07, 6.45) is 3.73. The Kier molecular flexibility index (Phi) is 3.44. The van der Waals surface area contributed by atoms with E-state index in [0.717, 1.165) is 10.9 Å². The third-order valence-electron chi connectivity index (χ3n) is 2.70. The van der Waals surface area contributed by atoms with Crippen molar-refractivity contribution in [3.8, 4) is 0 Å². The first-order valence-corrected chi connectivity index (χ1v) is 6.21. The zero-order chi connectivity index (χ0) is 9.97. The highest BCUT2D eigenvalue weighted by Crippen LogP contribution is 2.29. The van der Waals surface area contributed by atoms with E-state index in [1.54, 1.807) is 11.3 Å². The van der Waals surface area contributed by atoms with E-state index in [9.17, 15) is 0 Å². The molecule has 78 valence electrons. The van der Waals surface area contributed by atoms with Crippen LogP contribution in [-0.2, 0) is 0 Å². The molecule has 0 aromatic carbocycles. The molecule has 2 heterocycles. The molecule has 0 aliphatic carbocycles. The maximum atomic E-state index is 6.17. The molecule has 0 bridgehead atoms. The van der Waals surface area contributed by atoms with Gasteiger partial charge in [0.1, 0.15) is 0 Å². The van der Waals surface area contributed by atoms with Crippen molar-refractivity contribution >= 4 is 22.9 Å². The van der Waals surface area contributed by atoms with Gasteiger partial charge >= 0.3 is 0 Å². The smallest absolute Gasteiger partial charge is 0.0931 e. The molecule has 2 nitrogen and oxygen atoms in total. The van der Waals surface area contributed by atoms with Gasteiger partial charge in [-0.3, -0.25) is 0 Å². The molecule has 2 unspecified atom stereocenters. The van der Waals surface area contributed by atoms with Gasteiger partial charge in [0.15, 0.2) is 0 Å². The standard InChI is InChI=1S/C10H15ClN2S/c11-9-5-4-8(14-9)10(12)7-3-1-2-6-13-7/h4-5,7,10,13H,1-3,6,12H2. The monoisotopic (exact) mass is 230 g/mol. The highest BCUT2D eigenvalue weighted by atomic mass is 35.5. The number of nitrogens with two attached hydrogens (primary N) is 1. The van der Waals surface area contributed by atoms with Gasteiger partial charge in [-0.1, -0.05) is 18.0 Å². The Morgan fingerprint density at radius 3 is 2.93 bits per heavy atom. The predicted molar refractivity (Wildman–Crippen MR) is 61.9 cm³/mol. The Balaban J connectivity index is 2.03. The summed E-state index contributed by atoms with van der Waals surface area (Å²) in [4.78, 5) is 1.19. The molecule has 1 aromatic heterocycles. The van der Waals surface area contributed by atoms with E-state index in [2.05, 4.69) is 5.32 Å². The minimum absolute atomic E-state index is 0.104. The molecule has 0 amide bonds. The number of hydrogen-bond acceptors (Lipinski definition) is 3. The largest absolute Gasteiger partial charge is 0.322 e. The summed E-state index contributed by atoms with van der Waals surface area (Å²) in [5.41, 5.74) is 6.17. The number of nitrogens with one attached hydrogen (secondary N) is 1. The van der Waals surface area contributed by atoms with Crippen molar-refractivity contribution < 1.29 is 0 Å². The first-order valence-electron chi connectivity index (χ1n) is 5.01. The molecule has 0 saturated carbocycles. The fraction of sp³-hybridized carbons (Fsp3) is 0.600. The van der Waals surface area contributed by atoms with Crippen LogP contribution >= 0.6 is 22.9 Å². The number of piperidine rings is 1. The molecule has 0 spiro atoms. The Morgan fingerprint density at radius 2 is 2.36 bits per heavy atom. The van der Waals surface area contributed by atoms with Gasteiger partial charge in [0, 0.05) is 10.9 Å². The third-order valence-corrected chi connectivity index (χ3v) is 4.04. The molecule has 0 radical (unpaired) electrons. The summed E-state index contributed by atoms with van der Waals surface area (Å²) in [6, 6.07) is 4.49. The minimum Gasteiger partial charge on any atom is -0.322 e. The van der Waals surface area contributed by atoms with Gasteiger partial charge < -0.3 is 11.1 Å². The van der Waals surface area contributed by atoms with Crippen LogP contribution in [0.5, 0.6) is 0 Å².